The topological polar surface area (TPSA) is 82.3 Å². The van der Waals surface area contributed by atoms with Gasteiger partial charge in [0.15, 0.2) is 11.5 Å². The minimum Gasteiger partial charge on any atom is -0.384 e. The van der Waals surface area contributed by atoms with Gasteiger partial charge in [0, 0.05) is 44.3 Å². The molecule has 1 saturated heterocycles. The first-order chi connectivity index (χ1) is 17.8. The van der Waals surface area contributed by atoms with Gasteiger partial charge in [-0.3, -0.25) is 4.57 Å². The Kier molecular flexibility index (Phi) is 5.80. The van der Waals surface area contributed by atoms with Crippen molar-refractivity contribution in [3.05, 3.63) is 65.6 Å². The average molecular weight is 506 g/mol. The second-order valence-electron chi connectivity index (χ2n) is 9.92. The Morgan fingerprint density at radius 1 is 1.05 bits per heavy atom. The maximum Gasteiger partial charge on any atom is 0.229 e. The molecular weight excluding hydrogens is 476 g/mol. The second-order valence-corrected chi connectivity index (χ2v) is 9.92. The van der Waals surface area contributed by atoms with Crippen LogP contribution in [0.2, 0.25) is 0 Å². The summed E-state index contributed by atoms with van der Waals surface area (Å²) in [6.07, 6.45) is 4.66. The highest BCUT2D eigenvalue weighted by molar-refractivity contribution is 5.79. The Hall–Kier alpha value is -3.63. The summed E-state index contributed by atoms with van der Waals surface area (Å²) in [6, 6.07) is 8.71. The van der Waals surface area contributed by atoms with Gasteiger partial charge in [-0.05, 0) is 56.1 Å². The molecule has 192 valence electrons. The van der Waals surface area contributed by atoms with E-state index in [9.17, 15) is 13.9 Å². The molecule has 2 aliphatic rings. The van der Waals surface area contributed by atoms with Crippen LogP contribution in [0.3, 0.4) is 0 Å². The molecule has 1 aromatic carbocycles. The van der Waals surface area contributed by atoms with E-state index < -0.39 is 11.4 Å². The van der Waals surface area contributed by atoms with Gasteiger partial charge in [-0.1, -0.05) is 13.0 Å². The number of fused-ring (bicyclic) bond motifs is 2. The van der Waals surface area contributed by atoms with Gasteiger partial charge < -0.3 is 20.2 Å². The van der Waals surface area contributed by atoms with Crippen molar-refractivity contribution in [1.82, 2.24) is 24.4 Å². The molecule has 0 saturated carbocycles. The SMILES string of the molecule is CC[C@@]1(O)CCc2ccc(-n3cc(F)c4cnc(Nc5ccc(N6CCN(C)CC6)c(F)c5)nc43)nc21. The van der Waals surface area contributed by atoms with Gasteiger partial charge in [-0.2, -0.15) is 4.98 Å². The Balaban J connectivity index is 1.30. The number of aromatic nitrogens is 4. The smallest absolute Gasteiger partial charge is 0.229 e. The number of nitrogens with one attached hydrogen (secondary N) is 1. The number of halogens is 2. The van der Waals surface area contributed by atoms with Crippen LogP contribution in [0, 0.1) is 11.6 Å². The van der Waals surface area contributed by atoms with Crippen LogP contribution in [0.15, 0.2) is 42.7 Å². The number of hydrogen-bond acceptors (Lipinski definition) is 7. The summed E-state index contributed by atoms with van der Waals surface area (Å²) in [7, 11) is 2.06. The van der Waals surface area contributed by atoms with Crippen molar-refractivity contribution in [3.8, 4) is 5.82 Å². The lowest BCUT2D eigenvalue weighted by Gasteiger charge is -2.34. The molecule has 0 spiro atoms. The zero-order valence-electron chi connectivity index (χ0n) is 20.9. The number of nitrogens with zero attached hydrogens (tertiary/aromatic N) is 6. The van der Waals surface area contributed by atoms with Crippen molar-refractivity contribution in [2.24, 2.45) is 0 Å². The van der Waals surface area contributed by atoms with E-state index in [0.717, 1.165) is 38.2 Å². The van der Waals surface area contributed by atoms with E-state index in [-0.39, 0.29) is 17.2 Å². The van der Waals surface area contributed by atoms with Crippen LogP contribution in [0.5, 0.6) is 0 Å². The monoisotopic (exact) mass is 505 g/mol. The number of benzene rings is 1. The lowest BCUT2D eigenvalue weighted by Crippen LogP contribution is -2.44. The molecule has 1 fully saturated rings. The highest BCUT2D eigenvalue weighted by Crippen LogP contribution is 2.38. The number of hydrogen-bond donors (Lipinski definition) is 2. The van der Waals surface area contributed by atoms with Gasteiger partial charge >= 0.3 is 0 Å². The zero-order chi connectivity index (χ0) is 25.7. The summed E-state index contributed by atoms with van der Waals surface area (Å²) in [4.78, 5) is 17.7. The lowest BCUT2D eigenvalue weighted by molar-refractivity contribution is 0.0306. The predicted octanol–water partition coefficient (Wildman–Crippen LogP) is 4.13. The third-order valence-electron chi connectivity index (χ3n) is 7.59. The summed E-state index contributed by atoms with van der Waals surface area (Å²) in [5.41, 5.74) is 2.06. The highest BCUT2D eigenvalue weighted by atomic mass is 19.1. The van der Waals surface area contributed by atoms with Crippen LogP contribution in [0.4, 0.5) is 26.1 Å². The summed E-state index contributed by atoms with van der Waals surface area (Å²) in [5, 5.41) is 14.3. The molecule has 2 N–H and O–H groups in total. The van der Waals surface area contributed by atoms with E-state index >= 15 is 0 Å². The molecule has 1 aliphatic heterocycles. The van der Waals surface area contributed by atoms with E-state index in [1.54, 1.807) is 22.8 Å². The summed E-state index contributed by atoms with van der Waals surface area (Å²) in [6.45, 7) is 5.25. The van der Waals surface area contributed by atoms with E-state index in [0.29, 0.717) is 41.4 Å². The Bertz CT molecular complexity index is 1480. The molecule has 4 heterocycles. The molecule has 37 heavy (non-hydrogen) atoms. The second kappa shape index (κ2) is 9.04. The molecule has 0 amide bonds. The van der Waals surface area contributed by atoms with E-state index in [4.69, 9.17) is 4.98 Å². The fraction of sp³-hybridized carbons (Fsp3) is 0.370. The fourth-order valence-electron chi connectivity index (χ4n) is 5.24. The van der Waals surface area contributed by atoms with Crippen molar-refractivity contribution in [2.45, 2.75) is 31.8 Å². The summed E-state index contributed by atoms with van der Waals surface area (Å²) >= 11 is 0. The molecular formula is C27H29F2N7O. The summed E-state index contributed by atoms with van der Waals surface area (Å²) in [5.74, 6) is -0.119. The van der Waals surface area contributed by atoms with Gasteiger partial charge in [-0.25, -0.2) is 18.7 Å². The molecule has 1 aliphatic carbocycles. The number of rotatable bonds is 5. The fourth-order valence-corrected chi connectivity index (χ4v) is 5.24. The molecule has 0 radical (unpaired) electrons. The van der Waals surface area contributed by atoms with Gasteiger partial charge in [0.1, 0.15) is 17.2 Å². The van der Waals surface area contributed by atoms with E-state index in [1.807, 2.05) is 17.9 Å². The molecule has 10 heteroatoms. The third-order valence-corrected chi connectivity index (χ3v) is 7.59. The highest BCUT2D eigenvalue weighted by Gasteiger charge is 2.37. The Morgan fingerprint density at radius 2 is 1.86 bits per heavy atom. The Morgan fingerprint density at radius 3 is 2.62 bits per heavy atom. The van der Waals surface area contributed by atoms with Crippen LogP contribution < -0.4 is 10.2 Å². The van der Waals surface area contributed by atoms with Crippen molar-refractivity contribution in [2.75, 3.05) is 43.4 Å². The van der Waals surface area contributed by atoms with Crippen LogP contribution in [-0.4, -0.2) is 62.8 Å². The zero-order valence-corrected chi connectivity index (χ0v) is 20.9. The van der Waals surface area contributed by atoms with Crippen molar-refractivity contribution in [3.63, 3.8) is 0 Å². The van der Waals surface area contributed by atoms with Gasteiger partial charge in [-0.15, -0.1) is 0 Å². The van der Waals surface area contributed by atoms with Crippen LogP contribution in [0.25, 0.3) is 16.9 Å². The molecule has 0 bridgehead atoms. The van der Waals surface area contributed by atoms with E-state index in [1.165, 1.54) is 18.5 Å². The first-order valence-corrected chi connectivity index (χ1v) is 12.6. The maximum absolute atomic E-state index is 15.0. The van der Waals surface area contributed by atoms with Crippen molar-refractivity contribution < 1.29 is 13.9 Å². The minimum absolute atomic E-state index is 0.213. The number of anilines is 3. The van der Waals surface area contributed by atoms with Gasteiger partial charge in [0.2, 0.25) is 5.95 Å². The molecule has 4 aromatic rings. The van der Waals surface area contributed by atoms with Crippen LogP contribution in [-0.2, 0) is 12.0 Å². The molecule has 1 atom stereocenters. The normalized spacial score (nSPS) is 20.0. The van der Waals surface area contributed by atoms with Crippen LogP contribution >= 0.6 is 0 Å². The van der Waals surface area contributed by atoms with Gasteiger partial charge in [0.05, 0.1) is 16.8 Å². The first kappa shape index (κ1) is 23.7. The number of aliphatic hydroxyl groups is 1. The van der Waals surface area contributed by atoms with Crippen molar-refractivity contribution >= 4 is 28.4 Å². The standard InChI is InChI=1S/C27H29F2N7O/c1-3-27(37)9-8-17-4-7-23(32-24(17)27)36-16-21(29)19-15-30-26(33-25(19)36)31-18-5-6-22(20(28)14-18)35-12-10-34(2)11-13-35/h4-7,14-16,37H,3,8-13H2,1-2H3,(H,30,31,33)/t27-/m1/s1. The first-order valence-electron chi connectivity index (χ1n) is 12.6. The summed E-state index contributed by atoms with van der Waals surface area (Å²) < 4.78 is 31.3. The molecule has 6 rings (SSSR count). The molecule has 0 unspecified atom stereocenters. The minimum atomic E-state index is -0.977. The quantitative estimate of drug-likeness (QED) is 0.422. The number of piperazine rings is 1. The van der Waals surface area contributed by atoms with Gasteiger partial charge in [0.25, 0.3) is 0 Å². The van der Waals surface area contributed by atoms with E-state index in [2.05, 4.69) is 27.2 Å². The Labute approximate surface area is 213 Å². The largest absolute Gasteiger partial charge is 0.384 e. The third kappa shape index (κ3) is 4.19. The lowest BCUT2D eigenvalue weighted by atomic mass is 9.98. The number of pyridine rings is 1. The predicted molar refractivity (Wildman–Crippen MR) is 139 cm³/mol. The maximum atomic E-state index is 15.0. The average Bonchev–Trinajstić information content (AvgIpc) is 3.41. The van der Waals surface area contributed by atoms with Crippen molar-refractivity contribution in [1.29, 1.82) is 0 Å². The molecule has 8 nitrogen and oxygen atoms in total. The number of aryl methyl sites for hydroxylation is 1. The molecule has 3 aromatic heterocycles. The number of likely N-dealkylation sites (N-methyl/N-ethyl adjacent to an activating group) is 1. The van der Waals surface area contributed by atoms with Crippen LogP contribution in [0.1, 0.15) is 31.0 Å².